The number of nitrogens with one attached hydrogen (secondary N) is 1. The van der Waals surface area contributed by atoms with Crippen LogP contribution in [0.2, 0.25) is 0 Å². The van der Waals surface area contributed by atoms with Gasteiger partial charge in [-0.05, 0) is 48.5 Å². The summed E-state index contributed by atoms with van der Waals surface area (Å²) in [6.45, 7) is -0.564. The van der Waals surface area contributed by atoms with Gasteiger partial charge in [-0.15, -0.1) is 0 Å². The van der Waals surface area contributed by atoms with Gasteiger partial charge in [0.15, 0.2) is 18.2 Å². The highest BCUT2D eigenvalue weighted by atomic mass is 19.1. The summed E-state index contributed by atoms with van der Waals surface area (Å²) < 4.78 is 31.3. The molecule has 0 aliphatic rings. The molecule has 3 aromatic rings. The molecule has 3 aromatic carbocycles. The molecule has 0 heterocycles. The van der Waals surface area contributed by atoms with E-state index in [0.717, 1.165) is 12.1 Å². The molecule has 0 spiro atoms. The van der Waals surface area contributed by atoms with Crippen LogP contribution >= 0.6 is 0 Å². The lowest BCUT2D eigenvalue weighted by atomic mass is 10.0. The van der Waals surface area contributed by atoms with Gasteiger partial charge in [0.25, 0.3) is 0 Å². The average molecular weight is 423 g/mol. The van der Waals surface area contributed by atoms with E-state index in [0.29, 0.717) is 11.3 Å². The summed E-state index contributed by atoms with van der Waals surface area (Å²) >= 11 is 0. The molecule has 1 N–H and O–H groups in total. The monoisotopic (exact) mass is 423 g/mol. The van der Waals surface area contributed by atoms with E-state index in [9.17, 15) is 23.2 Å². The van der Waals surface area contributed by atoms with Gasteiger partial charge in [-0.2, -0.15) is 0 Å². The van der Waals surface area contributed by atoms with Gasteiger partial charge >= 0.3 is 5.97 Å². The van der Waals surface area contributed by atoms with Crippen LogP contribution in [0.3, 0.4) is 0 Å². The minimum atomic E-state index is -1.10. The Kier molecular flexibility index (Phi) is 7.22. The summed E-state index contributed by atoms with van der Waals surface area (Å²) in [5.74, 6) is -2.57. The molecule has 0 amide bonds. The zero-order valence-electron chi connectivity index (χ0n) is 16.4. The molecule has 1 atom stereocenters. The number of halogens is 2. The van der Waals surface area contributed by atoms with Crippen LogP contribution in [0.25, 0.3) is 0 Å². The summed E-state index contributed by atoms with van der Waals surface area (Å²) in [5.41, 5.74) is 1.02. The third-order valence-electron chi connectivity index (χ3n) is 4.47. The standard InChI is InChI=1S/C24H19F2NO4/c25-18-8-6-17(7-9-18)23(29)15-31-24(30)21(27-20-12-10-19(26)11-13-20)14-22(28)16-4-2-1-3-5-16/h1-13,21,27H,14-15H2. The number of Topliss-reactive ketones (excluding diaryl/α,β-unsaturated/α-hetero) is 2. The lowest BCUT2D eigenvalue weighted by Crippen LogP contribution is -2.34. The summed E-state index contributed by atoms with van der Waals surface area (Å²) in [5, 5.41) is 2.85. The largest absolute Gasteiger partial charge is 0.456 e. The van der Waals surface area contributed by atoms with E-state index >= 15 is 0 Å². The van der Waals surface area contributed by atoms with Gasteiger partial charge < -0.3 is 10.1 Å². The summed E-state index contributed by atoms with van der Waals surface area (Å²) in [4.78, 5) is 37.4. The van der Waals surface area contributed by atoms with Crippen molar-refractivity contribution in [1.29, 1.82) is 0 Å². The van der Waals surface area contributed by atoms with E-state index in [1.165, 1.54) is 36.4 Å². The fraction of sp³-hybridized carbons (Fsp3) is 0.125. The number of rotatable bonds is 9. The van der Waals surface area contributed by atoms with Crippen molar-refractivity contribution >= 4 is 23.2 Å². The first-order chi connectivity index (χ1) is 14.9. The van der Waals surface area contributed by atoms with Gasteiger partial charge in [-0.1, -0.05) is 30.3 Å². The smallest absolute Gasteiger partial charge is 0.329 e. The van der Waals surface area contributed by atoms with Crippen molar-refractivity contribution in [3.63, 3.8) is 0 Å². The zero-order valence-corrected chi connectivity index (χ0v) is 16.4. The van der Waals surface area contributed by atoms with Crippen molar-refractivity contribution in [2.24, 2.45) is 0 Å². The number of benzene rings is 3. The molecule has 0 fully saturated rings. The summed E-state index contributed by atoms with van der Waals surface area (Å²) in [6.07, 6.45) is -0.231. The molecule has 0 saturated heterocycles. The number of hydrogen-bond acceptors (Lipinski definition) is 5. The van der Waals surface area contributed by atoms with Gasteiger partial charge in [-0.25, -0.2) is 13.6 Å². The van der Waals surface area contributed by atoms with Crippen molar-refractivity contribution < 1.29 is 27.9 Å². The van der Waals surface area contributed by atoms with Gasteiger partial charge in [0.2, 0.25) is 0 Å². The molecule has 0 aromatic heterocycles. The second kappa shape index (κ2) is 10.2. The van der Waals surface area contributed by atoms with Crippen molar-refractivity contribution in [3.8, 4) is 0 Å². The van der Waals surface area contributed by atoms with Gasteiger partial charge in [0, 0.05) is 23.2 Å². The SMILES string of the molecule is O=C(COC(=O)C(CC(=O)c1ccccc1)Nc1ccc(F)cc1)c1ccc(F)cc1. The highest BCUT2D eigenvalue weighted by molar-refractivity contribution is 6.01. The highest BCUT2D eigenvalue weighted by Gasteiger charge is 2.25. The highest BCUT2D eigenvalue weighted by Crippen LogP contribution is 2.15. The topological polar surface area (TPSA) is 72.5 Å². The first-order valence-corrected chi connectivity index (χ1v) is 9.48. The Morgan fingerprint density at radius 3 is 1.90 bits per heavy atom. The molecule has 0 aliphatic carbocycles. The van der Waals surface area contributed by atoms with Crippen LogP contribution in [0.5, 0.6) is 0 Å². The molecule has 5 nitrogen and oxygen atoms in total. The van der Waals surface area contributed by atoms with Crippen molar-refractivity contribution in [3.05, 3.63) is 102 Å². The third kappa shape index (κ3) is 6.30. The van der Waals surface area contributed by atoms with Crippen LogP contribution < -0.4 is 5.32 Å². The maximum Gasteiger partial charge on any atom is 0.329 e. The van der Waals surface area contributed by atoms with E-state index < -0.39 is 36.0 Å². The van der Waals surface area contributed by atoms with Gasteiger partial charge in [0.05, 0.1) is 0 Å². The Morgan fingerprint density at radius 2 is 1.29 bits per heavy atom. The number of anilines is 1. The van der Waals surface area contributed by atoms with E-state index in [4.69, 9.17) is 4.74 Å². The fourth-order valence-corrected chi connectivity index (χ4v) is 2.82. The number of carbonyl (C=O) groups is 3. The maximum atomic E-state index is 13.2. The Balaban J connectivity index is 1.70. The van der Waals surface area contributed by atoms with E-state index in [1.807, 2.05) is 0 Å². The quantitative estimate of drug-likeness (QED) is 0.407. The lowest BCUT2D eigenvalue weighted by molar-refractivity contribution is -0.143. The number of ketones is 2. The molecule has 31 heavy (non-hydrogen) atoms. The first kappa shape index (κ1) is 21.8. The number of carbonyl (C=O) groups excluding carboxylic acids is 3. The molecular weight excluding hydrogens is 404 g/mol. The molecule has 1 unspecified atom stereocenters. The fourth-order valence-electron chi connectivity index (χ4n) is 2.82. The van der Waals surface area contributed by atoms with Crippen LogP contribution in [-0.2, 0) is 9.53 Å². The Hall–Kier alpha value is -3.87. The Labute approximate surface area is 177 Å². The lowest BCUT2D eigenvalue weighted by Gasteiger charge is -2.18. The molecule has 0 saturated carbocycles. The van der Waals surface area contributed by atoms with Crippen LogP contribution in [0, 0.1) is 11.6 Å². The van der Waals surface area contributed by atoms with E-state index in [2.05, 4.69) is 5.32 Å². The third-order valence-corrected chi connectivity index (χ3v) is 4.47. The summed E-state index contributed by atoms with van der Waals surface area (Å²) in [7, 11) is 0. The molecule has 7 heteroatoms. The molecule has 0 aliphatic heterocycles. The first-order valence-electron chi connectivity index (χ1n) is 9.48. The van der Waals surface area contributed by atoms with Crippen LogP contribution in [0.4, 0.5) is 14.5 Å². The Morgan fingerprint density at radius 1 is 0.742 bits per heavy atom. The predicted molar refractivity (Wildman–Crippen MR) is 111 cm³/mol. The average Bonchev–Trinajstić information content (AvgIpc) is 2.79. The van der Waals surface area contributed by atoms with Crippen molar-refractivity contribution in [1.82, 2.24) is 0 Å². The Bertz CT molecular complexity index is 1050. The molecule has 0 bridgehead atoms. The normalized spacial score (nSPS) is 11.4. The number of hydrogen-bond donors (Lipinski definition) is 1. The van der Waals surface area contributed by atoms with Crippen LogP contribution in [0.1, 0.15) is 27.1 Å². The number of ether oxygens (including phenoxy) is 1. The number of esters is 1. The molecule has 3 rings (SSSR count). The second-order valence-electron chi connectivity index (χ2n) is 6.73. The van der Waals surface area contributed by atoms with Gasteiger partial charge in [0.1, 0.15) is 17.7 Å². The van der Waals surface area contributed by atoms with Crippen LogP contribution in [-0.4, -0.2) is 30.2 Å². The second-order valence-corrected chi connectivity index (χ2v) is 6.73. The maximum absolute atomic E-state index is 13.2. The molecule has 158 valence electrons. The van der Waals surface area contributed by atoms with Crippen molar-refractivity contribution in [2.45, 2.75) is 12.5 Å². The van der Waals surface area contributed by atoms with E-state index in [1.54, 1.807) is 30.3 Å². The summed E-state index contributed by atoms with van der Waals surface area (Å²) in [6, 6.07) is 17.4. The zero-order chi connectivity index (χ0) is 22.2. The van der Waals surface area contributed by atoms with Crippen LogP contribution in [0.15, 0.2) is 78.9 Å². The molecule has 0 radical (unpaired) electrons. The van der Waals surface area contributed by atoms with Gasteiger partial charge in [-0.3, -0.25) is 9.59 Å². The van der Waals surface area contributed by atoms with E-state index in [-0.39, 0.29) is 17.8 Å². The minimum absolute atomic E-state index is 0.192. The molecular formula is C24H19F2NO4. The minimum Gasteiger partial charge on any atom is -0.456 e. The predicted octanol–water partition coefficient (Wildman–Crippen LogP) is 4.44. The van der Waals surface area contributed by atoms with Crippen molar-refractivity contribution in [2.75, 3.05) is 11.9 Å².